The van der Waals surface area contributed by atoms with Gasteiger partial charge in [0.1, 0.15) is 0 Å². The standard InChI is InChI=1S/C16H21BrN2S/c1-10-7-11(2)15(13(17)8-10)19-16-18-14-6-4-3-5-12(14)9-20-16/h7-8,12,14H,3-6,9H2,1-2H3,(H,18,19). The van der Waals surface area contributed by atoms with E-state index in [4.69, 9.17) is 4.99 Å². The van der Waals surface area contributed by atoms with Crippen molar-refractivity contribution < 1.29 is 0 Å². The molecule has 0 bridgehead atoms. The number of nitrogens with zero attached hydrogens (tertiary/aromatic N) is 1. The Hall–Kier alpha value is -0.480. The molecule has 1 N–H and O–H groups in total. The molecule has 0 amide bonds. The summed E-state index contributed by atoms with van der Waals surface area (Å²) in [5, 5.41) is 4.64. The first-order valence-corrected chi connectivity index (χ1v) is 9.15. The van der Waals surface area contributed by atoms with Gasteiger partial charge in [0.05, 0.1) is 11.7 Å². The van der Waals surface area contributed by atoms with Gasteiger partial charge in [-0.25, -0.2) is 0 Å². The second-order valence-electron chi connectivity index (χ2n) is 5.92. The Balaban J connectivity index is 1.80. The molecular weight excluding hydrogens is 332 g/mol. The molecule has 1 aliphatic heterocycles. The molecule has 1 saturated carbocycles. The fourth-order valence-corrected chi connectivity index (χ4v) is 5.09. The molecule has 0 saturated heterocycles. The van der Waals surface area contributed by atoms with Crippen LogP contribution < -0.4 is 5.32 Å². The van der Waals surface area contributed by atoms with Crippen LogP contribution in [0.15, 0.2) is 21.6 Å². The molecule has 2 aliphatic rings. The van der Waals surface area contributed by atoms with Crippen LogP contribution in [0.25, 0.3) is 0 Å². The van der Waals surface area contributed by atoms with Gasteiger partial charge in [-0.15, -0.1) is 0 Å². The Kier molecular flexibility index (Phi) is 4.41. The van der Waals surface area contributed by atoms with Crippen LogP contribution in [-0.4, -0.2) is 17.0 Å². The predicted octanol–water partition coefficient (Wildman–Crippen LogP) is 5.14. The fraction of sp³-hybridized carbons (Fsp3) is 0.562. The highest BCUT2D eigenvalue weighted by Gasteiger charge is 2.29. The summed E-state index contributed by atoms with van der Waals surface area (Å²) in [5.74, 6) is 2.03. The molecule has 1 aromatic rings. The highest BCUT2D eigenvalue weighted by molar-refractivity contribution is 9.10. The summed E-state index contributed by atoms with van der Waals surface area (Å²) >= 11 is 5.55. The minimum atomic E-state index is 0.553. The molecular formula is C16H21BrN2S. The minimum Gasteiger partial charge on any atom is -0.334 e. The molecule has 1 fully saturated rings. The number of amidine groups is 1. The third kappa shape index (κ3) is 3.06. The van der Waals surface area contributed by atoms with E-state index >= 15 is 0 Å². The third-order valence-electron chi connectivity index (χ3n) is 4.25. The minimum absolute atomic E-state index is 0.553. The normalized spacial score (nSPS) is 25.9. The number of anilines is 1. The van der Waals surface area contributed by atoms with Crippen molar-refractivity contribution in [3.8, 4) is 0 Å². The van der Waals surface area contributed by atoms with Crippen molar-refractivity contribution in [1.29, 1.82) is 0 Å². The summed E-state index contributed by atoms with van der Waals surface area (Å²) in [6.07, 6.45) is 5.37. The van der Waals surface area contributed by atoms with Crippen LogP contribution in [0.1, 0.15) is 36.8 Å². The van der Waals surface area contributed by atoms with Gasteiger partial charge in [-0.1, -0.05) is 30.7 Å². The Labute approximate surface area is 134 Å². The number of aryl methyl sites for hydroxylation is 2. The van der Waals surface area contributed by atoms with E-state index in [0.717, 1.165) is 21.2 Å². The lowest BCUT2D eigenvalue weighted by Crippen LogP contribution is -2.31. The molecule has 0 radical (unpaired) electrons. The van der Waals surface area contributed by atoms with Crippen molar-refractivity contribution in [1.82, 2.24) is 0 Å². The Morgan fingerprint density at radius 2 is 2.05 bits per heavy atom. The van der Waals surface area contributed by atoms with Crippen LogP contribution in [-0.2, 0) is 0 Å². The van der Waals surface area contributed by atoms with E-state index in [-0.39, 0.29) is 0 Å². The van der Waals surface area contributed by atoms with E-state index in [0.29, 0.717) is 6.04 Å². The molecule has 20 heavy (non-hydrogen) atoms. The average molecular weight is 353 g/mol. The van der Waals surface area contributed by atoms with Gasteiger partial charge in [0.15, 0.2) is 5.17 Å². The SMILES string of the molecule is Cc1cc(C)c(NC2=NC3CCCCC3CS2)c(Br)c1. The number of halogens is 1. The van der Waals surface area contributed by atoms with Crippen LogP contribution in [0.4, 0.5) is 5.69 Å². The number of thioether (sulfide) groups is 1. The van der Waals surface area contributed by atoms with Crippen molar-refractivity contribution in [3.05, 3.63) is 27.7 Å². The summed E-state index contributed by atoms with van der Waals surface area (Å²) in [4.78, 5) is 4.95. The Morgan fingerprint density at radius 3 is 2.85 bits per heavy atom. The van der Waals surface area contributed by atoms with Gasteiger partial charge < -0.3 is 5.32 Å². The number of fused-ring (bicyclic) bond motifs is 1. The number of hydrogen-bond donors (Lipinski definition) is 1. The van der Waals surface area contributed by atoms with E-state index in [1.54, 1.807) is 0 Å². The van der Waals surface area contributed by atoms with Crippen molar-refractivity contribution in [2.24, 2.45) is 10.9 Å². The second kappa shape index (κ2) is 6.10. The first kappa shape index (κ1) is 14.5. The number of nitrogens with one attached hydrogen (secondary N) is 1. The maximum Gasteiger partial charge on any atom is 0.161 e. The van der Waals surface area contributed by atoms with E-state index in [1.165, 1.54) is 42.6 Å². The molecule has 0 spiro atoms. The van der Waals surface area contributed by atoms with Crippen molar-refractivity contribution in [2.75, 3.05) is 11.1 Å². The van der Waals surface area contributed by atoms with Gasteiger partial charge in [0, 0.05) is 10.2 Å². The van der Waals surface area contributed by atoms with E-state index in [9.17, 15) is 0 Å². The van der Waals surface area contributed by atoms with Crippen LogP contribution in [0.5, 0.6) is 0 Å². The molecule has 2 unspecified atom stereocenters. The molecule has 2 nitrogen and oxygen atoms in total. The average Bonchev–Trinajstić information content (AvgIpc) is 2.42. The molecule has 108 valence electrons. The van der Waals surface area contributed by atoms with Gasteiger partial charge in [-0.05, 0) is 65.7 Å². The maximum absolute atomic E-state index is 4.95. The molecule has 0 aromatic heterocycles. The molecule has 1 aromatic carbocycles. The van der Waals surface area contributed by atoms with Crippen molar-refractivity contribution in [2.45, 2.75) is 45.6 Å². The van der Waals surface area contributed by atoms with Gasteiger partial charge >= 0.3 is 0 Å². The smallest absolute Gasteiger partial charge is 0.161 e. The number of benzene rings is 1. The van der Waals surface area contributed by atoms with E-state index < -0.39 is 0 Å². The fourth-order valence-electron chi connectivity index (χ4n) is 3.18. The summed E-state index contributed by atoms with van der Waals surface area (Å²) in [7, 11) is 0. The largest absolute Gasteiger partial charge is 0.334 e. The van der Waals surface area contributed by atoms with E-state index in [1.807, 2.05) is 11.8 Å². The van der Waals surface area contributed by atoms with Gasteiger partial charge in [-0.3, -0.25) is 4.99 Å². The zero-order chi connectivity index (χ0) is 14.1. The highest BCUT2D eigenvalue weighted by Crippen LogP contribution is 2.35. The summed E-state index contributed by atoms with van der Waals surface area (Å²) < 4.78 is 1.13. The lowest BCUT2D eigenvalue weighted by atomic mass is 9.86. The Bertz CT molecular complexity index is 518. The quantitative estimate of drug-likeness (QED) is 0.756. The van der Waals surface area contributed by atoms with E-state index in [2.05, 4.69) is 47.2 Å². The van der Waals surface area contributed by atoms with Crippen LogP contribution >= 0.6 is 27.7 Å². The zero-order valence-electron chi connectivity index (χ0n) is 12.1. The summed E-state index contributed by atoms with van der Waals surface area (Å²) in [6, 6.07) is 4.93. The first-order chi connectivity index (χ1) is 9.63. The Morgan fingerprint density at radius 1 is 1.25 bits per heavy atom. The molecule has 1 aliphatic carbocycles. The van der Waals surface area contributed by atoms with Crippen LogP contribution in [0, 0.1) is 19.8 Å². The lowest BCUT2D eigenvalue weighted by molar-refractivity contribution is 0.336. The molecule has 1 heterocycles. The van der Waals surface area contributed by atoms with Crippen LogP contribution in [0.3, 0.4) is 0 Å². The number of hydrogen-bond acceptors (Lipinski definition) is 3. The van der Waals surface area contributed by atoms with Crippen LogP contribution in [0.2, 0.25) is 0 Å². The topological polar surface area (TPSA) is 24.4 Å². The van der Waals surface area contributed by atoms with Crippen molar-refractivity contribution in [3.63, 3.8) is 0 Å². The van der Waals surface area contributed by atoms with Crippen molar-refractivity contribution >= 4 is 38.5 Å². The van der Waals surface area contributed by atoms with Gasteiger partial charge in [0.25, 0.3) is 0 Å². The first-order valence-electron chi connectivity index (χ1n) is 7.38. The molecule has 4 heteroatoms. The third-order valence-corrected chi connectivity index (χ3v) is 5.95. The summed E-state index contributed by atoms with van der Waals surface area (Å²) in [6.45, 7) is 4.28. The number of rotatable bonds is 1. The highest BCUT2D eigenvalue weighted by atomic mass is 79.9. The molecule has 2 atom stereocenters. The van der Waals surface area contributed by atoms with Gasteiger partial charge in [0.2, 0.25) is 0 Å². The monoisotopic (exact) mass is 352 g/mol. The second-order valence-corrected chi connectivity index (χ2v) is 7.78. The summed E-state index contributed by atoms with van der Waals surface area (Å²) in [5.41, 5.74) is 3.72. The maximum atomic E-state index is 4.95. The predicted molar refractivity (Wildman–Crippen MR) is 92.9 cm³/mol. The molecule has 3 rings (SSSR count). The number of aliphatic imine (C=N–C) groups is 1. The van der Waals surface area contributed by atoms with Gasteiger partial charge in [-0.2, -0.15) is 0 Å². The zero-order valence-corrected chi connectivity index (χ0v) is 14.5. The lowest BCUT2D eigenvalue weighted by Gasteiger charge is -2.33.